The second kappa shape index (κ2) is 6.78. The summed E-state index contributed by atoms with van der Waals surface area (Å²) in [6, 6.07) is 12.6. The number of amides is 1. The Hall–Kier alpha value is -2.09. The summed E-state index contributed by atoms with van der Waals surface area (Å²) in [5, 5.41) is 3.12. The molecule has 0 saturated heterocycles. The maximum Gasteiger partial charge on any atom is 0.224 e. The van der Waals surface area contributed by atoms with Crippen LogP contribution in [0.4, 0.5) is 0 Å². The second-order valence-corrected chi connectivity index (χ2v) is 6.26. The van der Waals surface area contributed by atoms with E-state index in [-0.39, 0.29) is 11.9 Å². The van der Waals surface area contributed by atoms with Crippen molar-refractivity contribution in [1.29, 1.82) is 0 Å². The molecule has 0 spiro atoms. The van der Waals surface area contributed by atoms with Crippen LogP contribution in [0.5, 0.6) is 0 Å². The van der Waals surface area contributed by atoms with Crippen molar-refractivity contribution in [3.05, 3.63) is 69.8 Å². The second-order valence-electron chi connectivity index (χ2n) is 6.26. The molecular formula is C20H25NO. The third kappa shape index (κ3) is 3.97. The van der Waals surface area contributed by atoms with Crippen molar-refractivity contribution in [3.8, 4) is 0 Å². The predicted molar refractivity (Wildman–Crippen MR) is 92.1 cm³/mol. The molecule has 0 radical (unpaired) electrons. The van der Waals surface area contributed by atoms with Crippen LogP contribution >= 0.6 is 0 Å². The summed E-state index contributed by atoms with van der Waals surface area (Å²) >= 11 is 0. The molecule has 0 heterocycles. The maximum absolute atomic E-state index is 12.3. The van der Waals surface area contributed by atoms with Crippen LogP contribution in [-0.4, -0.2) is 5.91 Å². The first-order valence-electron chi connectivity index (χ1n) is 7.79. The molecular weight excluding hydrogens is 270 g/mol. The van der Waals surface area contributed by atoms with Gasteiger partial charge in [-0.1, -0.05) is 47.5 Å². The minimum Gasteiger partial charge on any atom is -0.349 e. The highest BCUT2D eigenvalue weighted by Crippen LogP contribution is 2.19. The fourth-order valence-corrected chi connectivity index (χ4v) is 2.76. The largest absolute Gasteiger partial charge is 0.349 e. The van der Waals surface area contributed by atoms with E-state index in [1.54, 1.807) is 0 Å². The molecule has 2 nitrogen and oxygen atoms in total. The number of aryl methyl sites for hydroxylation is 4. The third-order valence-electron chi connectivity index (χ3n) is 4.13. The van der Waals surface area contributed by atoms with Crippen LogP contribution in [0.1, 0.15) is 46.3 Å². The van der Waals surface area contributed by atoms with Gasteiger partial charge in [0.2, 0.25) is 5.91 Å². The van der Waals surface area contributed by atoms with Crippen molar-refractivity contribution in [2.75, 3.05) is 0 Å². The molecule has 0 aliphatic rings. The van der Waals surface area contributed by atoms with Crippen LogP contribution in [0, 0.1) is 27.7 Å². The molecule has 1 amide bonds. The lowest BCUT2D eigenvalue weighted by Gasteiger charge is -2.18. The molecule has 0 unspecified atom stereocenters. The Labute approximate surface area is 133 Å². The van der Waals surface area contributed by atoms with Gasteiger partial charge in [-0.15, -0.1) is 0 Å². The van der Waals surface area contributed by atoms with E-state index in [2.05, 4.69) is 69.4 Å². The summed E-state index contributed by atoms with van der Waals surface area (Å²) in [6.07, 6.45) is 0.433. The number of nitrogens with one attached hydrogen (secondary N) is 1. The van der Waals surface area contributed by atoms with Crippen molar-refractivity contribution in [2.24, 2.45) is 0 Å². The minimum absolute atomic E-state index is 0.0255. The SMILES string of the molecule is Cc1ccc(C)c(CC(=O)N[C@@H](C)c2cc(C)ccc2C)c1. The summed E-state index contributed by atoms with van der Waals surface area (Å²) < 4.78 is 0. The Bertz CT molecular complexity index is 688. The number of hydrogen-bond acceptors (Lipinski definition) is 1. The smallest absolute Gasteiger partial charge is 0.224 e. The normalized spacial score (nSPS) is 12.0. The molecule has 0 fully saturated rings. The average Bonchev–Trinajstić information content (AvgIpc) is 2.45. The van der Waals surface area contributed by atoms with Crippen LogP contribution in [0.3, 0.4) is 0 Å². The van der Waals surface area contributed by atoms with Gasteiger partial charge in [-0.2, -0.15) is 0 Å². The molecule has 2 aromatic carbocycles. The Kier molecular flexibility index (Phi) is 5.02. The van der Waals surface area contributed by atoms with Crippen molar-refractivity contribution in [3.63, 3.8) is 0 Å². The van der Waals surface area contributed by atoms with E-state index < -0.39 is 0 Å². The summed E-state index contributed by atoms with van der Waals surface area (Å²) in [5.41, 5.74) is 7.08. The van der Waals surface area contributed by atoms with Crippen LogP contribution in [0.2, 0.25) is 0 Å². The maximum atomic E-state index is 12.3. The summed E-state index contributed by atoms with van der Waals surface area (Å²) in [7, 11) is 0. The van der Waals surface area contributed by atoms with Gasteiger partial charge in [-0.3, -0.25) is 4.79 Å². The summed E-state index contributed by atoms with van der Waals surface area (Å²) in [4.78, 5) is 12.3. The highest BCUT2D eigenvalue weighted by molar-refractivity contribution is 5.79. The molecule has 1 N–H and O–H groups in total. The minimum atomic E-state index is 0.0255. The molecule has 22 heavy (non-hydrogen) atoms. The van der Waals surface area contributed by atoms with Gasteiger partial charge in [0.15, 0.2) is 0 Å². The molecule has 2 heteroatoms. The third-order valence-corrected chi connectivity index (χ3v) is 4.13. The monoisotopic (exact) mass is 295 g/mol. The lowest BCUT2D eigenvalue weighted by Crippen LogP contribution is -2.28. The van der Waals surface area contributed by atoms with E-state index in [1.165, 1.54) is 27.8 Å². The van der Waals surface area contributed by atoms with Gasteiger partial charge in [0, 0.05) is 0 Å². The Balaban J connectivity index is 2.08. The molecule has 0 bridgehead atoms. The standard InChI is InChI=1S/C20H25NO/c1-13-6-8-15(3)18(10-13)12-20(22)21-17(5)19-11-14(2)7-9-16(19)4/h6-11,17H,12H2,1-5H3,(H,21,22)/t17-/m0/s1. The van der Waals surface area contributed by atoms with Gasteiger partial charge < -0.3 is 5.32 Å². The molecule has 0 aromatic heterocycles. The zero-order valence-electron chi connectivity index (χ0n) is 14.2. The number of carbonyl (C=O) groups is 1. The summed E-state index contributed by atoms with van der Waals surface area (Å²) in [5.74, 6) is 0.0714. The van der Waals surface area contributed by atoms with Gasteiger partial charge in [-0.05, 0) is 56.9 Å². The number of rotatable bonds is 4. The van der Waals surface area contributed by atoms with Crippen molar-refractivity contribution in [2.45, 2.75) is 47.1 Å². The van der Waals surface area contributed by atoms with E-state index in [9.17, 15) is 4.79 Å². The molecule has 1 atom stereocenters. The van der Waals surface area contributed by atoms with Gasteiger partial charge in [0.1, 0.15) is 0 Å². The number of hydrogen-bond donors (Lipinski definition) is 1. The molecule has 2 aromatic rings. The predicted octanol–water partition coefficient (Wildman–Crippen LogP) is 4.34. The zero-order valence-corrected chi connectivity index (χ0v) is 14.2. The first-order valence-corrected chi connectivity index (χ1v) is 7.79. The van der Waals surface area contributed by atoms with E-state index >= 15 is 0 Å². The van der Waals surface area contributed by atoms with Crippen molar-refractivity contribution in [1.82, 2.24) is 5.32 Å². The van der Waals surface area contributed by atoms with Gasteiger partial charge in [0.25, 0.3) is 0 Å². The van der Waals surface area contributed by atoms with Crippen LogP contribution in [0.25, 0.3) is 0 Å². The van der Waals surface area contributed by atoms with Crippen LogP contribution in [0.15, 0.2) is 36.4 Å². The highest BCUT2D eigenvalue weighted by atomic mass is 16.1. The topological polar surface area (TPSA) is 29.1 Å². The van der Waals surface area contributed by atoms with Crippen LogP contribution < -0.4 is 5.32 Å². The van der Waals surface area contributed by atoms with E-state index in [1.807, 2.05) is 6.92 Å². The molecule has 0 aliphatic heterocycles. The molecule has 116 valence electrons. The number of benzene rings is 2. The average molecular weight is 295 g/mol. The van der Waals surface area contributed by atoms with Gasteiger partial charge >= 0.3 is 0 Å². The molecule has 0 aliphatic carbocycles. The number of carbonyl (C=O) groups excluding carboxylic acids is 1. The lowest BCUT2D eigenvalue weighted by molar-refractivity contribution is -0.121. The Morgan fingerprint density at radius 3 is 2.23 bits per heavy atom. The highest BCUT2D eigenvalue weighted by Gasteiger charge is 2.13. The first kappa shape index (κ1) is 16.3. The van der Waals surface area contributed by atoms with Gasteiger partial charge in [-0.25, -0.2) is 0 Å². The zero-order chi connectivity index (χ0) is 16.3. The fraction of sp³-hybridized carbons (Fsp3) is 0.350. The molecule has 2 rings (SSSR count). The summed E-state index contributed by atoms with van der Waals surface area (Å²) in [6.45, 7) is 10.3. The molecule has 0 saturated carbocycles. The fourth-order valence-electron chi connectivity index (χ4n) is 2.76. The van der Waals surface area contributed by atoms with E-state index in [0.29, 0.717) is 6.42 Å². The van der Waals surface area contributed by atoms with Crippen LogP contribution in [-0.2, 0) is 11.2 Å². The van der Waals surface area contributed by atoms with Crippen molar-refractivity contribution >= 4 is 5.91 Å². The first-order chi connectivity index (χ1) is 10.4. The quantitative estimate of drug-likeness (QED) is 0.893. The lowest BCUT2D eigenvalue weighted by atomic mass is 9.99. The van der Waals surface area contributed by atoms with Gasteiger partial charge in [0.05, 0.1) is 12.5 Å². The Morgan fingerprint density at radius 2 is 1.55 bits per heavy atom. The van der Waals surface area contributed by atoms with E-state index in [4.69, 9.17) is 0 Å². The van der Waals surface area contributed by atoms with E-state index in [0.717, 1.165) is 5.56 Å². The van der Waals surface area contributed by atoms with Crippen molar-refractivity contribution < 1.29 is 4.79 Å². The Morgan fingerprint density at radius 1 is 0.955 bits per heavy atom.